The van der Waals surface area contributed by atoms with E-state index in [9.17, 15) is 4.79 Å². The average Bonchev–Trinajstić information content (AvgIpc) is 3.35. The average molecular weight is 427 g/mol. The summed E-state index contributed by atoms with van der Waals surface area (Å²) >= 11 is 3.30. The Morgan fingerprint density at radius 2 is 2.17 bits per heavy atom. The van der Waals surface area contributed by atoms with E-state index in [1.165, 1.54) is 0 Å². The van der Waals surface area contributed by atoms with Crippen molar-refractivity contribution in [3.63, 3.8) is 0 Å². The van der Waals surface area contributed by atoms with Gasteiger partial charge in [0.2, 0.25) is 0 Å². The Balaban J connectivity index is 1.45. The van der Waals surface area contributed by atoms with Crippen molar-refractivity contribution in [1.82, 2.24) is 4.98 Å². The Kier molecular flexibility index (Phi) is 6.06. The van der Waals surface area contributed by atoms with Crippen molar-refractivity contribution in [3.8, 4) is 11.5 Å². The number of ether oxygens (including phenoxy) is 2. The maximum absolute atomic E-state index is 12.8. The lowest BCUT2D eigenvalue weighted by molar-refractivity contribution is 0.102. The lowest BCUT2D eigenvalue weighted by Gasteiger charge is -2.14. The lowest BCUT2D eigenvalue weighted by atomic mass is 10.1. The van der Waals surface area contributed by atoms with Gasteiger partial charge in [0.15, 0.2) is 0 Å². The van der Waals surface area contributed by atoms with Crippen LogP contribution in [0.5, 0.6) is 11.5 Å². The molecule has 4 rings (SSSR count). The van der Waals surface area contributed by atoms with Crippen molar-refractivity contribution < 1.29 is 14.3 Å². The third-order valence-corrected chi connectivity index (χ3v) is 6.21. The van der Waals surface area contributed by atoms with Crippen molar-refractivity contribution in [2.45, 2.75) is 37.0 Å². The standard InChI is InChI=1S/C22H22N2O3S2/c1-3-26-21-9-16-8-14(2)27-20(16)10-19(21)24-22(25)15-4-6-18(7-5-15)29-12-17-11-28-13-23-17/h4-7,9-11,13-14H,3,8,12H2,1-2H3,(H,24,25). The molecule has 1 unspecified atom stereocenters. The fraction of sp³-hybridized carbons (Fsp3) is 0.273. The highest BCUT2D eigenvalue weighted by molar-refractivity contribution is 7.98. The van der Waals surface area contributed by atoms with E-state index in [4.69, 9.17) is 9.47 Å². The first-order valence-corrected chi connectivity index (χ1v) is 11.4. The van der Waals surface area contributed by atoms with Gasteiger partial charge >= 0.3 is 0 Å². The molecule has 7 heteroatoms. The molecule has 5 nitrogen and oxygen atoms in total. The van der Waals surface area contributed by atoms with Crippen LogP contribution >= 0.6 is 23.1 Å². The summed E-state index contributed by atoms with van der Waals surface area (Å²) in [5.74, 6) is 2.13. The van der Waals surface area contributed by atoms with Gasteiger partial charge in [0.25, 0.3) is 5.91 Å². The fourth-order valence-electron chi connectivity index (χ4n) is 3.18. The minimum atomic E-state index is -0.173. The Hall–Kier alpha value is -2.51. The van der Waals surface area contributed by atoms with Crippen molar-refractivity contribution in [1.29, 1.82) is 0 Å². The lowest BCUT2D eigenvalue weighted by Crippen LogP contribution is -2.13. The number of thiazole rings is 1. The molecule has 0 spiro atoms. The molecule has 0 saturated heterocycles. The van der Waals surface area contributed by atoms with E-state index in [0.29, 0.717) is 23.6 Å². The summed E-state index contributed by atoms with van der Waals surface area (Å²) in [7, 11) is 0. The zero-order valence-electron chi connectivity index (χ0n) is 16.3. The first-order valence-electron chi connectivity index (χ1n) is 9.50. The van der Waals surface area contributed by atoms with Crippen LogP contribution in [0.2, 0.25) is 0 Å². The quantitative estimate of drug-likeness (QED) is 0.512. The number of carbonyl (C=O) groups is 1. The Bertz CT molecular complexity index is 988. The van der Waals surface area contributed by atoms with Crippen LogP contribution in [0.15, 0.2) is 52.2 Å². The number of nitrogens with one attached hydrogen (secondary N) is 1. The van der Waals surface area contributed by atoms with Gasteiger partial charge in [-0.15, -0.1) is 23.1 Å². The second-order valence-corrected chi connectivity index (χ2v) is 8.54. The largest absolute Gasteiger partial charge is 0.492 e. The summed E-state index contributed by atoms with van der Waals surface area (Å²) in [6.07, 6.45) is 0.990. The van der Waals surface area contributed by atoms with Gasteiger partial charge < -0.3 is 14.8 Å². The van der Waals surface area contributed by atoms with Crippen molar-refractivity contribution >= 4 is 34.7 Å². The molecule has 1 aromatic heterocycles. The SMILES string of the molecule is CCOc1cc2c(cc1NC(=O)c1ccc(SCc3cscn3)cc1)OC(C)C2. The van der Waals surface area contributed by atoms with Crippen LogP contribution in [0.25, 0.3) is 0 Å². The molecule has 1 amide bonds. The summed E-state index contributed by atoms with van der Waals surface area (Å²) in [6.45, 7) is 4.50. The van der Waals surface area contributed by atoms with Gasteiger partial charge in [-0.25, -0.2) is 4.98 Å². The molecule has 0 aliphatic carbocycles. The molecule has 150 valence electrons. The summed E-state index contributed by atoms with van der Waals surface area (Å²) in [6, 6.07) is 11.4. The highest BCUT2D eigenvalue weighted by Crippen LogP contribution is 2.38. The number of thioether (sulfide) groups is 1. The van der Waals surface area contributed by atoms with E-state index in [1.54, 1.807) is 23.1 Å². The predicted molar refractivity (Wildman–Crippen MR) is 117 cm³/mol. The summed E-state index contributed by atoms with van der Waals surface area (Å²) in [4.78, 5) is 18.2. The number of hydrogen-bond acceptors (Lipinski definition) is 6. The van der Waals surface area contributed by atoms with E-state index >= 15 is 0 Å². The molecule has 0 radical (unpaired) electrons. The molecule has 1 atom stereocenters. The fourth-order valence-corrected chi connectivity index (χ4v) is 4.64. The zero-order chi connectivity index (χ0) is 20.2. The maximum Gasteiger partial charge on any atom is 0.255 e. The van der Waals surface area contributed by atoms with Gasteiger partial charge in [-0.2, -0.15) is 0 Å². The topological polar surface area (TPSA) is 60.5 Å². The number of amides is 1. The number of rotatable bonds is 7. The predicted octanol–water partition coefficient (Wildman–Crippen LogP) is 5.41. The van der Waals surface area contributed by atoms with Crippen molar-refractivity contribution in [2.75, 3.05) is 11.9 Å². The minimum Gasteiger partial charge on any atom is -0.492 e. The third kappa shape index (κ3) is 4.74. The molecular weight excluding hydrogens is 404 g/mol. The summed E-state index contributed by atoms with van der Waals surface area (Å²) < 4.78 is 11.6. The van der Waals surface area contributed by atoms with Crippen LogP contribution in [0.4, 0.5) is 5.69 Å². The smallest absolute Gasteiger partial charge is 0.255 e. The van der Waals surface area contributed by atoms with Gasteiger partial charge in [0.05, 0.1) is 23.5 Å². The van der Waals surface area contributed by atoms with E-state index < -0.39 is 0 Å². The molecule has 2 aromatic carbocycles. The Labute approximate surface area is 178 Å². The van der Waals surface area contributed by atoms with Gasteiger partial charge in [-0.1, -0.05) is 0 Å². The molecule has 1 aliphatic rings. The van der Waals surface area contributed by atoms with Gasteiger partial charge in [-0.3, -0.25) is 4.79 Å². The van der Waals surface area contributed by atoms with E-state index in [0.717, 1.165) is 34.1 Å². The number of anilines is 1. The minimum absolute atomic E-state index is 0.139. The molecule has 1 aliphatic heterocycles. The normalized spacial score (nSPS) is 14.9. The van der Waals surface area contributed by atoms with Crippen LogP contribution in [0.1, 0.15) is 35.5 Å². The Morgan fingerprint density at radius 3 is 2.90 bits per heavy atom. The van der Waals surface area contributed by atoms with Crippen LogP contribution in [-0.2, 0) is 12.2 Å². The molecule has 29 heavy (non-hydrogen) atoms. The molecule has 0 saturated carbocycles. The molecule has 0 bridgehead atoms. The number of carbonyl (C=O) groups excluding carboxylic acids is 1. The second kappa shape index (κ2) is 8.88. The van der Waals surface area contributed by atoms with Crippen LogP contribution < -0.4 is 14.8 Å². The van der Waals surface area contributed by atoms with Crippen molar-refractivity contribution in [2.24, 2.45) is 0 Å². The summed E-state index contributed by atoms with van der Waals surface area (Å²) in [5, 5.41) is 5.02. The first-order chi connectivity index (χ1) is 14.1. The van der Waals surface area contributed by atoms with Gasteiger partial charge in [-0.05, 0) is 44.2 Å². The van der Waals surface area contributed by atoms with Gasteiger partial charge in [0.1, 0.15) is 17.6 Å². The van der Waals surface area contributed by atoms with Crippen LogP contribution in [0, 0.1) is 0 Å². The van der Waals surface area contributed by atoms with E-state index in [1.807, 2.05) is 61.1 Å². The number of aromatic nitrogens is 1. The molecule has 3 aromatic rings. The zero-order valence-corrected chi connectivity index (χ0v) is 17.9. The molecular formula is C22H22N2O3S2. The maximum atomic E-state index is 12.8. The molecule has 2 heterocycles. The highest BCUT2D eigenvalue weighted by Gasteiger charge is 2.22. The van der Waals surface area contributed by atoms with E-state index in [2.05, 4.69) is 10.3 Å². The van der Waals surface area contributed by atoms with Gasteiger partial charge in [0, 0.05) is 39.6 Å². The number of nitrogens with zero attached hydrogens (tertiary/aromatic N) is 1. The number of benzene rings is 2. The second-order valence-electron chi connectivity index (χ2n) is 6.77. The van der Waals surface area contributed by atoms with Crippen LogP contribution in [0.3, 0.4) is 0 Å². The number of hydrogen-bond donors (Lipinski definition) is 1. The van der Waals surface area contributed by atoms with Crippen LogP contribution in [-0.4, -0.2) is 23.6 Å². The van der Waals surface area contributed by atoms with Crippen molar-refractivity contribution in [3.05, 3.63) is 64.1 Å². The molecule has 0 fully saturated rings. The highest BCUT2D eigenvalue weighted by atomic mass is 32.2. The van der Waals surface area contributed by atoms with E-state index in [-0.39, 0.29) is 12.0 Å². The first kappa shape index (κ1) is 19.8. The monoisotopic (exact) mass is 426 g/mol. The Morgan fingerprint density at radius 1 is 1.34 bits per heavy atom. The molecule has 1 N–H and O–H groups in total. The number of fused-ring (bicyclic) bond motifs is 1. The third-order valence-electron chi connectivity index (χ3n) is 4.53. The summed E-state index contributed by atoms with van der Waals surface area (Å²) in [5.41, 5.74) is 5.25.